The Morgan fingerprint density at radius 1 is 1.09 bits per heavy atom. The first-order valence-corrected chi connectivity index (χ1v) is 6.28. The highest BCUT2D eigenvalue weighted by atomic mass is 16.4. The molecular weight excluding hydrogens is 282 g/mol. The fourth-order valence-corrected chi connectivity index (χ4v) is 1.84. The fourth-order valence-electron chi connectivity index (χ4n) is 1.84. The Bertz CT molecular complexity index is 639. The molecule has 0 aliphatic carbocycles. The van der Waals surface area contributed by atoms with E-state index in [2.05, 4.69) is 19.7 Å². The normalized spacial score (nSPS) is 8.68. The highest BCUT2D eigenvalue weighted by Gasteiger charge is 2.21. The van der Waals surface area contributed by atoms with E-state index in [9.17, 15) is 14.7 Å². The van der Waals surface area contributed by atoms with Crippen molar-refractivity contribution in [2.75, 3.05) is 0 Å². The van der Waals surface area contributed by atoms with Crippen LogP contribution in [0.2, 0.25) is 0 Å². The number of carboxylic acids is 2. The Balaban J connectivity index is 0.000000980. The monoisotopic (exact) mass is 299 g/mol. The van der Waals surface area contributed by atoms with Gasteiger partial charge in [-0.15, -0.1) is 13.2 Å². The maximum absolute atomic E-state index is 11.3. The Hall–Kier alpha value is -3.13. The highest BCUT2D eigenvalue weighted by molar-refractivity contribution is 6.03. The smallest absolute Gasteiger partial charge is 0.336 e. The first-order valence-electron chi connectivity index (χ1n) is 6.28. The van der Waals surface area contributed by atoms with E-state index < -0.39 is 11.9 Å². The van der Waals surface area contributed by atoms with E-state index in [0.29, 0.717) is 18.4 Å². The van der Waals surface area contributed by atoms with Gasteiger partial charge in [0, 0.05) is 6.08 Å². The van der Waals surface area contributed by atoms with Gasteiger partial charge in [0.15, 0.2) is 0 Å². The molecule has 0 aliphatic rings. The minimum atomic E-state index is -1.25. The summed E-state index contributed by atoms with van der Waals surface area (Å²) < 4.78 is 0. The molecule has 0 aromatic heterocycles. The van der Waals surface area contributed by atoms with Gasteiger partial charge in [0.1, 0.15) is 0 Å². The first kappa shape index (κ1) is 18.9. The van der Waals surface area contributed by atoms with Crippen molar-refractivity contribution in [2.45, 2.75) is 12.8 Å². The van der Waals surface area contributed by atoms with Crippen molar-refractivity contribution in [3.8, 4) is 6.07 Å². The predicted molar refractivity (Wildman–Crippen MR) is 84.0 cm³/mol. The molecule has 0 unspecified atom stereocenters. The maximum atomic E-state index is 11.3. The molecule has 5 nitrogen and oxygen atoms in total. The van der Waals surface area contributed by atoms with Crippen molar-refractivity contribution in [2.24, 2.45) is 0 Å². The van der Waals surface area contributed by atoms with Gasteiger partial charge in [-0.25, -0.2) is 9.59 Å². The number of rotatable bonds is 6. The number of carbonyl (C=O) groups is 2. The standard InChI is InChI=1S/C14H14O4.C3H3N/c1-3-5-9-7-8-11(13(15)16)12(14(17)18)10(9)6-4-2;1-2-3-4/h3-4,7-8H,1-2,5-6H2,(H,15,16)(H,17,18);2H,1H2. The minimum absolute atomic E-state index is 0.165. The van der Waals surface area contributed by atoms with E-state index in [4.69, 9.17) is 10.4 Å². The number of allylic oxidation sites excluding steroid dienone is 3. The number of aromatic carboxylic acids is 2. The zero-order chi connectivity index (χ0) is 17.1. The third-order valence-electron chi connectivity index (χ3n) is 2.66. The number of carboxylic acid groups (broad SMARTS) is 2. The van der Waals surface area contributed by atoms with Crippen molar-refractivity contribution in [1.82, 2.24) is 0 Å². The van der Waals surface area contributed by atoms with Crippen LogP contribution in [0, 0.1) is 11.3 Å². The lowest BCUT2D eigenvalue weighted by atomic mass is 9.92. The summed E-state index contributed by atoms with van der Waals surface area (Å²) in [5, 5.41) is 25.7. The van der Waals surface area contributed by atoms with Crippen LogP contribution in [0.25, 0.3) is 0 Å². The molecule has 0 bridgehead atoms. The van der Waals surface area contributed by atoms with E-state index in [0.717, 1.165) is 5.56 Å². The SMILES string of the molecule is C=CC#N.C=CCc1ccc(C(=O)O)c(C(=O)O)c1CC=C. The summed E-state index contributed by atoms with van der Waals surface area (Å²) in [7, 11) is 0. The van der Waals surface area contributed by atoms with Crippen molar-refractivity contribution in [3.63, 3.8) is 0 Å². The van der Waals surface area contributed by atoms with Gasteiger partial charge < -0.3 is 10.2 Å². The average Bonchev–Trinajstić information content (AvgIpc) is 2.48. The summed E-state index contributed by atoms with van der Waals surface area (Å²) in [6, 6.07) is 4.63. The van der Waals surface area contributed by atoms with Gasteiger partial charge >= 0.3 is 11.9 Å². The number of nitrogens with zero attached hydrogens (tertiary/aromatic N) is 1. The molecule has 114 valence electrons. The zero-order valence-electron chi connectivity index (χ0n) is 12.1. The van der Waals surface area contributed by atoms with E-state index in [1.54, 1.807) is 24.3 Å². The van der Waals surface area contributed by atoms with Crippen LogP contribution < -0.4 is 0 Å². The summed E-state index contributed by atoms with van der Waals surface area (Å²) in [6.45, 7) is 10.3. The molecule has 0 radical (unpaired) electrons. The Morgan fingerprint density at radius 2 is 1.64 bits per heavy atom. The minimum Gasteiger partial charge on any atom is -0.478 e. The predicted octanol–water partition coefficient (Wildman–Crippen LogP) is 3.24. The molecule has 0 aliphatic heterocycles. The number of nitriles is 1. The topological polar surface area (TPSA) is 98.4 Å². The Morgan fingerprint density at radius 3 is 2.00 bits per heavy atom. The van der Waals surface area contributed by atoms with Gasteiger partial charge in [-0.05, 0) is 30.0 Å². The quantitative estimate of drug-likeness (QED) is 0.620. The summed E-state index contributed by atoms with van der Waals surface area (Å²) in [4.78, 5) is 22.3. The third-order valence-corrected chi connectivity index (χ3v) is 2.66. The summed E-state index contributed by atoms with van der Waals surface area (Å²) in [6.07, 6.45) is 5.18. The van der Waals surface area contributed by atoms with Crippen LogP contribution in [0.1, 0.15) is 31.8 Å². The van der Waals surface area contributed by atoms with E-state index in [-0.39, 0.29) is 11.1 Å². The van der Waals surface area contributed by atoms with E-state index >= 15 is 0 Å². The molecule has 1 rings (SSSR count). The molecule has 0 spiro atoms. The van der Waals surface area contributed by atoms with Crippen LogP contribution in [-0.4, -0.2) is 22.2 Å². The molecule has 0 atom stereocenters. The molecule has 1 aromatic carbocycles. The van der Waals surface area contributed by atoms with Gasteiger partial charge in [0.05, 0.1) is 17.2 Å². The summed E-state index contributed by atoms with van der Waals surface area (Å²) >= 11 is 0. The lowest BCUT2D eigenvalue weighted by Crippen LogP contribution is -2.13. The molecule has 0 fully saturated rings. The average molecular weight is 299 g/mol. The van der Waals surface area contributed by atoms with Crippen molar-refractivity contribution < 1.29 is 19.8 Å². The van der Waals surface area contributed by atoms with Crippen molar-refractivity contribution >= 4 is 11.9 Å². The zero-order valence-corrected chi connectivity index (χ0v) is 12.1. The van der Waals surface area contributed by atoms with Gasteiger partial charge in [-0.3, -0.25) is 0 Å². The number of benzene rings is 1. The summed E-state index contributed by atoms with van der Waals surface area (Å²) in [5.41, 5.74) is 0.874. The lowest BCUT2D eigenvalue weighted by molar-refractivity contribution is 0.0650. The molecule has 0 saturated heterocycles. The molecule has 22 heavy (non-hydrogen) atoms. The van der Waals surface area contributed by atoms with E-state index in [1.807, 2.05) is 0 Å². The molecule has 5 heteroatoms. The van der Waals surface area contributed by atoms with Crippen LogP contribution in [0.3, 0.4) is 0 Å². The van der Waals surface area contributed by atoms with Gasteiger partial charge in [0.2, 0.25) is 0 Å². The van der Waals surface area contributed by atoms with Gasteiger partial charge in [0.25, 0.3) is 0 Å². The van der Waals surface area contributed by atoms with Crippen LogP contribution in [0.15, 0.2) is 50.1 Å². The van der Waals surface area contributed by atoms with Gasteiger partial charge in [-0.2, -0.15) is 5.26 Å². The van der Waals surface area contributed by atoms with Crippen molar-refractivity contribution in [1.29, 1.82) is 5.26 Å². The highest BCUT2D eigenvalue weighted by Crippen LogP contribution is 2.22. The van der Waals surface area contributed by atoms with Crippen LogP contribution in [0.5, 0.6) is 0 Å². The maximum Gasteiger partial charge on any atom is 0.336 e. The fraction of sp³-hybridized carbons (Fsp3) is 0.118. The molecule has 0 saturated carbocycles. The Labute approximate surface area is 129 Å². The van der Waals surface area contributed by atoms with Crippen LogP contribution >= 0.6 is 0 Å². The second-order valence-corrected chi connectivity index (χ2v) is 4.05. The lowest BCUT2D eigenvalue weighted by Gasteiger charge is -2.12. The molecule has 1 aromatic rings. The Kier molecular flexibility index (Phi) is 8.34. The van der Waals surface area contributed by atoms with E-state index in [1.165, 1.54) is 12.1 Å². The second-order valence-electron chi connectivity index (χ2n) is 4.05. The molecule has 2 N–H and O–H groups in total. The molecule has 0 heterocycles. The van der Waals surface area contributed by atoms with Crippen molar-refractivity contribution in [3.05, 3.63) is 72.4 Å². The van der Waals surface area contributed by atoms with Gasteiger partial charge in [-0.1, -0.05) is 24.8 Å². The second kappa shape index (κ2) is 9.72. The molecular formula is C17H17NO4. The van der Waals surface area contributed by atoms with Crippen LogP contribution in [-0.2, 0) is 12.8 Å². The van der Waals surface area contributed by atoms with Crippen LogP contribution in [0.4, 0.5) is 0 Å². The molecule has 0 amide bonds. The largest absolute Gasteiger partial charge is 0.478 e. The summed E-state index contributed by atoms with van der Waals surface area (Å²) in [5.74, 6) is -2.49. The number of hydrogen-bond acceptors (Lipinski definition) is 3. The number of hydrogen-bond donors (Lipinski definition) is 2. The first-order chi connectivity index (χ1) is 10.4. The third kappa shape index (κ3) is 5.10.